The minimum atomic E-state index is 0.603. The van der Waals surface area contributed by atoms with E-state index >= 15 is 0 Å². The van der Waals surface area contributed by atoms with Crippen LogP contribution in [-0.2, 0) is 0 Å². The first-order valence-corrected chi connectivity index (χ1v) is 22.9. The molecule has 0 aliphatic carbocycles. The zero-order chi connectivity index (χ0) is 44.7. The maximum atomic E-state index is 6.39. The number of fused-ring (bicyclic) bond motifs is 9. The van der Waals surface area contributed by atoms with Crippen LogP contribution < -0.4 is 0 Å². The van der Waals surface area contributed by atoms with Crippen molar-refractivity contribution in [2.45, 2.75) is 0 Å². The Kier molecular flexibility index (Phi) is 8.52. The van der Waals surface area contributed by atoms with Crippen molar-refractivity contribution in [3.63, 3.8) is 0 Å². The Balaban J connectivity index is 0.902. The number of hydrogen-bond donors (Lipinski definition) is 0. The molecule has 68 heavy (non-hydrogen) atoms. The fraction of sp³-hybridized carbons (Fsp3) is 0. The molecular formula is C63H37N3O2. The van der Waals surface area contributed by atoms with Gasteiger partial charge in [0.2, 0.25) is 0 Å². The monoisotopic (exact) mass is 867 g/mol. The van der Waals surface area contributed by atoms with Crippen LogP contribution in [0.2, 0.25) is 0 Å². The summed E-state index contributed by atoms with van der Waals surface area (Å²) in [5.74, 6) is 1.82. The van der Waals surface area contributed by atoms with Gasteiger partial charge in [-0.3, -0.25) is 0 Å². The predicted molar refractivity (Wildman–Crippen MR) is 280 cm³/mol. The van der Waals surface area contributed by atoms with Crippen LogP contribution in [0, 0.1) is 0 Å². The molecule has 0 amide bonds. The van der Waals surface area contributed by atoms with Crippen LogP contribution in [0.3, 0.4) is 0 Å². The second kappa shape index (κ2) is 15.2. The van der Waals surface area contributed by atoms with E-state index in [0.29, 0.717) is 17.5 Å². The van der Waals surface area contributed by atoms with Gasteiger partial charge in [0, 0.05) is 38.2 Å². The van der Waals surface area contributed by atoms with E-state index in [1.165, 1.54) is 5.39 Å². The molecule has 3 heterocycles. The van der Waals surface area contributed by atoms with E-state index in [-0.39, 0.29) is 0 Å². The van der Waals surface area contributed by atoms with Crippen molar-refractivity contribution in [2.24, 2.45) is 0 Å². The molecule has 14 aromatic rings. The largest absolute Gasteiger partial charge is 0.456 e. The van der Waals surface area contributed by atoms with Gasteiger partial charge in [-0.15, -0.1) is 0 Å². The Morgan fingerprint density at radius 2 is 0.735 bits per heavy atom. The third-order valence-corrected chi connectivity index (χ3v) is 13.5. The standard InChI is InChI=1S/C63H37N3O2/c1-2-11-38(12-3-1)39-21-23-40(24-22-39)61-64-62(46-26-28-48-43(33-46)15-10-19-47(48)45-25-29-53-52-18-8-9-20-57(52)67-59(53)37-45)66-63(65-61)54-31-30-49(50-16-6-7-17-51(50)54)44-27-32-58-55(35-44)56-34-41-13-4-5-14-42(41)36-60(56)68-58/h1-37H. The molecular weight excluding hydrogens is 831 g/mol. The van der Waals surface area contributed by atoms with E-state index in [1.54, 1.807) is 0 Å². The zero-order valence-electron chi connectivity index (χ0n) is 36.5. The maximum absolute atomic E-state index is 6.39. The maximum Gasteiger partial charge on any atom is 0.164 e. The molecule has 5 nitrogen and oxygen atoms in total. The Labute approximate surface area is 390 Å². The number of hydrogen-bond acceptors (Lipinski definition) is 5. The van der Waals surface area contributed by atoms with E-state index in [4.69, 9.17) is 23.8 Å². The summed E-state index contributed by atoms with van der Waals surface area (Å²) in [5.41, 5.74) is 13.0. The summed E-state index contributed by atoms with van der Waals surface area (Å²) in [6, 6.07) is 78.8. The molecule has 3 aromatic heterocycles. The molecule has 0 N–H and O–H groups in total. The first kappa shape index (κ1) is 38.1. The van der Waals surface area contributed by atoms with Gasteiger partial charge in [0.15, 0.2) is 17.5 Å². The van der Waals surface area contributed by atoms with Crippen LogP contribution in [0.15, 0.2) is 233 Å². The molecule has 11 aromatic carbocycles. The molecule has 0 aliphatic heterocycles. The third-order valence-electron chi connectivity index (χ3n) is 13.5. The van der Waals surface area contributed by atoms with Crippen LogP contribution in [0.5, 0.6) is 0 Å². The lowest BCUT2D eigenvalue weighted by atomic mass is 9.93. The Hall–Kier alpha value is -9.19. The summed E-state index contributed by atoms with van der Waals surface area (Å²) < 4.78 is 12.7. The number of aromatic nitrogens is 3. The van der Waals surface area contributed by atoms with Gasteiger partial charge in [0.1, 0.15) is 22.3 Å². The number of rotatable bonds is 6. The summed E-state index contributed by atoms with van der Waals surface area (Å²) in [5, 5.41) is 11.2. The molecule has 14 rings (SSSR count). The van der Waals surface area contributed by atoms with Gasteiger partial charge in [-0.2, -0.15) is 0 Å². The molecule has 0 spiro atoms. The number of para-hydroxylation sites is 1. The van der Waals surface area contributed by atoms with Gasteiger partial charge in [-0.1, -0.05) is 170 Å². The van der Waals surface area contributed by atoms with Gasteiger partial charge >= 0.3 is 0 Å². The van der Waals surface area contributed by atoms with Crippen molar-refractivity contribution in [3.8, 4) is 67.5 Å². The average molecular weight is 868 g/mol. The van der Waals surface area contributed by atoms with E-state index in [1.807, 2.05) is 18.2 Å². The summed E-state index contributed by atoms with van der Waals surface area (Å²) in [6.07, 6.45) is 0. The van der Waals surface area contributed by atoms with Crippen LogP contribution in [0.4, 0.5) is 0 Å². The molecule has 0 bridgehead atoms. The van der Waals surface area contributed by atoms with E-state index in [2.05, 4.69) is 206 Å². The molecule has 0 radical (unpaired) electrons. The Morgan fingerprint density at radius 1 is 0.221 bits per heavy atom. The lowest BCUT2D eigenvalue weighted by molar-refractivity contribution is 0.669. The minimum absolute atomic E-state index is 0.603. The smallest absolute Gasteiger partial charge is 0.164 e. The van der Waals surface area contributed by atoms with Crippen LogP contribution in [0.25, 0.3) is 144 Å². The van der Waals surface area contributed by atoms with E-state index < -0.39 is 0 Å². The topological polar surface area (TPSA) is 65.0 Å². The lowest BCUT2D eigenvalue weighted by Gasteiger charge is -2.14. The van der Waals surface area contributed by atoms with Crippen molar-refractivity contribution in [1.29, 1.82) is 0 Å². The quantitative estimate of drug-likeness (QED) is 0.167. The van der Waals surface area contributed by atoms with Gasteiger partial charge in [0.05, 0.1) is 0 Å². The van der Waals surface area contributed by atoms with Crippen molar-refractivity contribution in [1.82, 2.24) is 15.0 Å². The summed E-state index contributed by atoms with van der Waals surface area (Å²) in [4.78, 5) is 15.8. The average Bonchev–Trinajstić information content (AvgIpc) is 3.96. The second-order valence-electron chi connectivity index (χ2n) is 17.5. The zero-order valence-corrected chi connectivity index (χ0v) is 36.5. The van der Waals surface area contributed by atoms with Crippen molar-refractivity contribution >= 4 is 76.2 Å². The normalized spacial score (nSPS) is 11.8. The fourth-order valence-electron chi connectivity index (χ4n) is 10.1. The second-order valence-corrected chi connectivity index (χ2v) is 17.5. The highest BCUT2D eigenvalue weighted by Gasteiger charge is 2.19. The summed E-state index contributed by atoms with van der Waals surface area (Å²) in [7, 11) is 0. The summed E-state index contributed by atoms with van der Waals surface area (Å²) >= 11 is 0. The number of nitrogens with zero attached hydrogens (tertiary/aromatic N) is 3. The first-order valence-electron chi connectivity index (χ1n) is 22.9. The molecule has 0 saturated carbocycles. The van der Waals surface area contributed by atoms with Gasteiger partial charge in [0.25, 0.3) is 0 Å². The van der Waals surface area contributed by atoms with Crippen molar-refractivity contribution in [3.05, 3.63) is 224 Å². The molecule has 0 fully saturated rings. The molecule has 0 aliphatic rings. The van der Waals surface area contributed by atoms with Crippen LogP contribution in [0.1, 0.15) is 0 Å². The molecule has 0 saturated heterocycles. The third kappa shape index (κ3) is 6.28. The highest BCUT2D eigenvalue weighted by molar-refractivity contribution is 6.13. The highest BCUT2D eigenvalue weighted by atomic mass is 16.3. The fourth-order valence-corrected chi connectivity index (χ4v) is 10.1. The summed E-state index contributed by atoms with van der Waals surface area (Å²) in [6.45, 7) is 0. The van der Waals surface area contributed by atoms with Gasteiger partial charge < -0.3 is 8.83 Å². The first-order chi connectivity index (χ1) is 33.6. The molecule has 0 unspecified atom stereocenters. The van der Waals surface area contributed by atoms with Gasteiger partial charge in [-0.25, -0.2) is 15.0 Å². The minimum Gasteiger partial charge on any atom is -0.456 e. The predicted octanol–water partition coefficient (Wildman–Crippen LogP) is 17.1. The SMILES string of the molecule is c1ccc(-c2ccc(-c3nc(-c4ccc5c(-c6ccc7c(c6)oc6ccccc67)cccc5c4)nc(-c4ccc(-c5ccc6oc7cc8ccccc8cc7c6c5)c5ccccc45)n3)cc2)cc1. The Bertz CT molecular complexity index is 4320. The molecule has 0 atom stereocenters. The molecule has 5 heteroatoms. The Morgan fingerprint density at radius 3 is 1.57 bits per heavy atom. The highest BCUT2D eigenvalue weighted by Crippen LogP contribution is 2.41. The molecule has 316 valence electrons. The van der Waals surface area contributed by atoms with Crippen molar-refractivity contribution in [2.75, 3.05) is 0 Å². The van der Waals surface area contributed by atoms with Crippen LogP contribution >= 0.6 is 0 Å². The lowest BCUT2D eigenvalue weighted by Crippen LogP contribution is -2.01. The van der Waals surface area contributed by atoms with Crippen molar-refractivity contribution < 1.29 is 8.83 Å². The van der Waals surface area contributed by atoms with Crippen LogP contribution in [-0.4, -0.2) is 15.0 Å². The van der Waals surface area contributed by atoms with Gasteiger partial charge in [-0.05, 0) is 120 Å². The number of benzene rings is 11. The van der Waals surface area contributed by atoms with E-state index in [0.717, 1.165) is 121 Å². The number of furan rings is 2. The van der Waals surface area contributed by atoms with E-state index in [9.17, 15) is 0 Å².